The van der Waals surface area contributed by atoms with E-state index < -0.39 is 46.4 Å². The number of amides is 2. The molecule has 10 nitrogen and oxygen atoms in total. The number of carbonyl (C=O) groups is 4. The molecule has 2 amide bonds. The summed E-state index contributed by atoms with van der Waals surface area (Å²) in [5.41, 5.74) is 0. The molecule has 0 radical (unpaired) electrons. The number of carbonyl (C=O) groups excluding carboxylic acids is 4. The largest absolute Gasteiger partial charge is 0.426 e. The first-order valence-electron chi connectivity index (χ1n) is 12.7. The lowest BCUT2D eigenvalue weighted by molar-refractivity contribution is -0.180. The maximum Gasteiger partial charge on any atom is 0.333 e. The lowest BCUT2D eigenvalue weighted by atomic mass is 9.96. The van der Waals surface area contributed by atoms with Crippen LogP contribution in [0.25, 0.3) is 0 Å². The quantitative estimate of drug-likeness (QED) is 0.111. The number of β-lactam (4-membered cyclic amide) rings is 2. The van der Waals surface area contributed by atoms with Crippen molar-refractivity contribution >= 4 is 69.5 Å². The summed E-state index contributed by atoms with van der Waals surface area (Å²) in [4.78, 5) is 60.7. The van der Waals surface area contributed by atoms with E-state index in [1.807, 2.05) is 27.7 Å². The Morgan fingerprint density at radius 2 is 1.43 bits per heavy atom. The van der Waals surface area contributed by atoms with Crippen LogP contribution in [-0.4, -0.2) is 108 Å². The third-order valence-corrected chi connectivity index (χ3v) is 12.0. The van der Waals surface area contributed by atoms with Gasteiger partial charge in [-0.25, -0.2) is 9.59 Å². The minimum absolute atomic E-state index is 0.122. The van der Waals surface area contributed by atoms with Gasteiger partial charge in [-0.15, -0.1) is 23.5 Å². The van der Waals surface area contributed by atoms with Crippen LogP contribution in [0.4, 0.5) is 0 Å². The average molecular weight is 618 g/mol. The lowest BCUT2D eigenvalue weighted by Gasteiger charge is -2.42. The molecule has 0 N–H and O–H groups in total. The van der Waals surface area contributed by atoms with Gasteiger partial charge in [0.1, 0.15) is 27.7 Å². The van der Waals surface area contributed by atoms with Crippen molar-refractivity contribution in [1.29, 1.82) is 0 Å². The van der Waals surface area contributed by atoms with E-state index in [9.17, 15) is 19.2 Å². The molecule has 0 aliphatic carbocycles. The first-order valence-corrected chi connectivity index (χ1v) is 15.4. The van der Waals surface area contributed by atoms with Gasteiger partial charge in [-0.3, -0.25) is 14.6 Å². The van der Waals surface area contributed by atoms with E-state index in [0.29, 0.717) is 0 Å². The second-order valence-electron chi connectivity index (χ2n) is 11.1. The fourth-order valence-corrected chi connectivity index (χ4v) is 9.71. The van der Waals surface area contributed by atoms with Crippen LogP contribution in [0.15, 0.2) is 4.99 Å². The summed E-state index contributed by atoms with van der Waals surface area (Å²) >= 11 is 6.43. The van der Waals surface area contributed by atoms with Gasteiger partial charge in [0.25, 0.3) is 5.91 Å². The number of esters is 2. The highest BCUT2D eigenvalue weighted by atomic mass is 79.9. The van der Waals surface area contributed by atoms with E-state index in [0.717, 1.165) is 25.9 Å². The Labute approximate surface area is 233 Å². The highest BCUT2D eigenvalue weighted by Crippen LogP contribution is 2.53. The second-order valence-corrected chi connectivity index (χ2v) is 15.7. The molecule has 5 aliphatic rings. The highest BCUT2D eigenvalue weighted by Gasteiger charge is 2.65. The van der Waals surface area contributed by atoms with Crippen LogP contribution in [0.1, 0.15) is 53.4 Å². The maximum atomic E-state index is 13.1. The summed E-state index contributed by atoms with van der Waals surface area (Å²) in [6.07, 6.45) is 6.50. The molecule has 13 heteroatoms. The molecule has 0 aromatic rings. The Kier molecular flexibility index (Phi) is 7.27. The number of halogens is 1. The highest BCUT2D eigenvalue weighted by molar-refractivity contribution is 9.10. The van der Waals surface area contributed by atoms with Gasteiger partial charge in [-0.2, -0.15) is 0 Å². The molecule has 0 spiro atoms. The SMILES string of the molecule is CC1(C)S[C@@H]2C(/N=C/N3CCCCCC3)C(=O)N2[C@H]1C(=O)OCOC(=O)[C@@H]1N2C(=O)[C@@H](Br)[C@H]2SC1(C)C. The number of nitrogens with zero attached hydrogens (tertiary/aromatic N) is 4. The van der Waals surface area contributed by atoms with E-state index in [1.165, 1.54) is 41.3 Å². The number of ether oxygens (including phenoxy) is 2. The summed E-state index contributed by atoms with van der Waals surface area (Å²) in [5.74, 6) is -1.57. The lowest BCUT2D eigenvalue weighted by Crippen LogP contribution is -2.65. The van der Waals surface area contributed by atoms with Crippen LogP contribution in [-0.2, 0) is 28.7 Å². The Morgan fingerprint density at radius 3 is 2.00 bits per heavy atom. The molecule has 5 heterocycles. The molecule has 1 unspecified atom stereocenters. The zero-order valence-corrected chi connectivity index (χ0v) is 24.6. The van der Waals surface area contributed by atoms with E-state index in [1.54, 1.807) is 11.2 Å². The fraction of sp³-hybridized carbons (Fsp3) is 0.792. The summed E-state index contributed by atoms with van der Waals surface area (Å²) in [5, 5.41) is -0.350. The minimum Gasteiger partial charge on any atom is -0.426 e. The van der Waals surface area contributed by atoms with Crippen LogP contribution in [0.5, 0.6) is 0 Å². The van der Waals surface area contributed by atoms with Crippen molar-refractivity contribution in [2.75, 3.05) is 19.9 Å². The van der Waals surface area contributed by atoms with Crippen LogP contribution in [0, 0.1) is 0 Å². The number of rotatable bonds is 6. The van der Waals surface area contributed by atoms with Gasteiger partial charge in [-0.05, 0) is 40.5 Å². The zero-order chi connectivity index (χ0) is 26.7. The van der Waals surface area contributed by atoms with Gasteiger partial charge in [0.15, 0.2) is 6.04 Å². The maximum absolute atomic E-state index is 13.1. The first kappa shape index (κ1) is 27.1. The molecule has 0 aromatic heterocycles. The topological polar surface area (TPSA) is 109 Å². The van der Waals surface area contributed by atoms with Crippen molar-refractivity contribution in [1.82, 2.24) is 14.7 Å². The van der Waals surface area contributed by atoms with Gasteiger partial charge in [0.05, 0.1) is 6.34 Å². The molecule has 5 saturated heterocycles. The Morgan fingerprint density at radius 1 is 0.919 bits per heavy atom. The number of alkyl halides is 1. The summed E-state index contributed by atoms with van der Waals surface area (Å²) < 4.78 is 9.52. The molecule has 0 bridgehead atoms. The third kappa shape index (κ3) is 4.66. The summed E-state index contributed by atoms with van der Waals surface area (Å²) in [7, 11) is 0. The molecule has 0 aromatic carbocycles. The predicted molar refractivity (Wildman–Crippen MR) is 144 cm³/mol. The van der Waals surface area contributed by atoms with Crippen LogP contribution in [0.2, 0.25) is 0 Å². The summed E-state index contributed by atoms with van der Waals surface area (Å²) in [6.45, 7) is 8.92. The molecule has 37 heavy (non-hydrogen) atoms. The molecular weight excluding hydrogens is 584 g/mol. The van der Waals surface area contributed by atoms with Gasteiger partial charge < -0.3 is 24.2 Å². The first-order chi connectivity index (χ1) is 17.4. The molecule has 6 atom stereocenters. The van der Waals surface area contributed by atoms with Crippen molar-refractivity contribution in [3.05, 3.63) is 0 Å². The van der Waals surface area contributed by atoms with E-state index in [-0.39, 0.29) is 27.4 Å². The number of fused-ring (bicyclic) bond motifs is 2. The fourth-order valence-electron chi connectivity index (χ4n) is 5.74. The smallest absolute Gasteiger partial charge is 0.333 e. The molecule has 5 rings (SSSR count). The van der Waals surface area contributed by atoms with Gasteiger partial charge >= 0.3 is 11.9 Å². The molecule has 204 valence electrons. The number of likely N-dealkylation sites (tertiary alicyclic amines) is 1. The summed E-state index contributed by atoms with van der Waals surface area (Å²) in [6, 6.07) is -2.07. The van der Waals surface area contributed by atoms with Crippen molar-refractivity contribution in [2.45, 2.75) is 96.6 Å². The van der Waals surface area contributed by atoms with E-state index >= 15 is 0 Å². The number of hydrogen-bond donors (Lipinski definition) is 0. The number of hydrogen-bond acceptors (Lipinski definition) is 9. The van der Waals surface area contributed by atoms with Crippen LogP contribution in [0.3, 0.4) is 0 Å². The molecule has 5 fully saturated rings. The van der Waals surface area contributed by atoms with Crippen LogP contribution >= 0.6 is 39.5 Å². The number of thioether (sulfide) groups is 2. The van der Waals surface area contributed by atoms with E-state index in [4.69, 9.17) is 9.47 Å². The molecular formula is C24H33BrN4O6S2. The molecule has 0 saturated carbocycles. The van der Waals surface area contributed by atoms with Crippen molar-refractivity contribution < 1.29 is 28.7 Å². The second kappa shape index (κ2) is 9.93. The minimum atomic E-state index is -0.799. The van der Waals surface area contributed by atoms with E-state index in [2.05, 4.69) is 25.8 Å². The predicted octanol–water partition coefficient (Wildman–Crippen LogP) is 2.19. The van der Waals surface area contributed by atoms with Crippen LogP contribution < -0.4 is 0 Å². The molecule has 5 aliphatic heterocycles. The van der Waals surface area contributed by atoms with Crippen molar-refractivity contribution in [3.8, 4) is 0 Å². The van der Waals surface area contributed by atoms with Gasteiger partial charge in [0, 0.05) is 22.6 Å². The Balaban J connectivity index is 1.16. The van der Waals surface area contributed by atoms with Gasteiger partial charge in [0.2, 0.25) is 12.7 Å². The monoisotopic (exact) mass is 616 g/mol. The normalized spacial score (nSPS) is 36.0. The Hall–Kier alpha value is -1.47. The van der Waals surface area contributed by atoms with Crippen molar-refractivity contribution in [3.63, 3.8) is 0 Å². The standard InChI is InChI=1S/C24H33BrN4O6S2/c1-23(2)15(28-17(30)13(25)19(28)36-23)21(32)34-12-35-22(33)16-24(3,4)37-20-14(18(31)29(16)20)26-11-27-9-7-5-6-8-10-27/h11,13-16,19-20H,5-10,12H2,1-4H3/b26-11+/t13-,14?,15+,16+,19-,20-/m1/s1. The van der Waals surface area contributed by atoms with Crippen molar-refractivity contribution in [2.24, 2.45) is 4.99 Å². The Bertz CT molecular complexity index is 1020. The van der Waals surface area contributed by atoms with Gasteiger partial charge in [-0.1, -0.05) is 28.8 Å². The number of aliphatic imine (C=N–C) groups is 1. The zero-order valence-electron chi connectivity index (χ0n) is 21.4. The third-order valence-electron chi connectivity index (χ3n) is 7.67. The average Bonchev–Trinajstić information content (AvgIpc) is 3.07.